The molecular formula is C22H26Si-2. The largest absolute Gasteiger partial charge is 0.227 e. The summed E-state index contributed by atoms with van der Waals surface area (Å²) in [5, 5.41) is 2.58. The lowest BCUT2D eigenvalue weighted by Gasteiger charge is -2.27. The van der Waals surface area contributed by atoms with E-state index in [0.717, 1.165) is 0 Å². The van der Waals surface area contributed by atoms with E-state index in [1.165, 1.54) is 10.4 Å². The third-order valence-electron chi connectivity index (χ3n) is 3.44. The van der Waals surface area contributed by atoms with Gasteiger partial charge in [-0.1, -0.05) is 0 Å². The first-order valence-corrected chi connectivity index (χ1v) is 10.2. The maximum atomic E-state index is 3.67. The first kappa shape index (κ1) is 17.4. The molecule has 1 heteroatoms. The molecule has 0 bridgehead atoms. The number of hydrogen-bond acceptors (Lipinski definition) is 0. The Morgan fingerprint density at radius 3 is 1.39 bits per heavy atom. The van der Waals surface area contributed by atoms with Gasteiger partial charge in [0.15, 0.2) is 0 Å². The highest BCUT2D eigenvalue weighted by Gasteiger charge is 2.29. The van der Waals surface area contributed by atoms with Crippen molar-refractivity contribution in [3.63, 3.8) is 0 Å². The lowest BCUT2D eigenvalue weighted by molar-refractivity contribution is 0.571. The Bertz CT molecular complexity index is 668. The minimum Gasteiger partial charge on any atom is -0.214 e. The molecule has 2 aromatic rings. The van der Waals surface area contributed by atoms with Crippen molar-refractivity contribution in [3.8, 4) is 22.9 Å². The molecule has 0 aromatic heterocycles. The summed E-state index contributed by atoms with van der Waals surface area (Å²) in [6.07, 6.45) is 0. The summed E-state index contributed by atoms with van der Waals surface area (Å²) in [7, 11) is -2.39. The van der Waals surface area contributed by atoms with E-state index >= 15 is 0 Å². The van der Waals surface area contributed by atoms with E-state index in [1.807, 2.05) is 0 Å². The summed E-state index contributed by atoms with van der Waals surface area (Å²) < 4.78 is 0. The smallest absolute Gasteiger partial charge is 0.214 e. The van der Waals surface area contributed by atoms with Crippen molar-refractivity contribution in [1.82, 2.24) is 0 Å². The second-order valence-corrected chi connectivity index (χ2v) is 11.3. The predicted octanol–water partition coefficient (Wildman–Crippen LogP) is 3.86. The minimum absolute atomic E-state index is 0.0269. The Hall–Kier alpha value is -1.96. The van der Waals surface area contributed by atoms with Crippen molar-refractivity contribution in [2.24, 2.45) is 10.8 Å². The monoisotopic (exact) mass is 318 g/mol. The molecule has 0 unspecified atom stereocenters. The fraction of sp³-hybridized carbons (Fsp3) is 0.364. The van der Waals surface area contributed by atoms with Crippen molar-refractivity contribution >= 4 is 18.4 Å². The summed E-state index contributed by atoms with van der Waals surface area (Å²) in [6.45, 7) is 13.0. The van der Waals surface area contributed by atoms with Crippen LogP contribution in [0.3, 0.4) is 0 Å². The van der Waals surface area contributed by atoms with Gasteiger partial charge >= 0.3 is 0 Å². The zero-order chi connectivity index (χ0) is 17.1. The van der Waals surface area contributed by atoms with Crippen LogP contribution in [0, 0.1) is 33.8 Å². The molecule has 2 aromatic carbocycles. The van der Waals surface area contributed by atoms with Crippen molar-refractivity contribution in [1.29, 1.82) is 0 Å². The Morgan fingerprint density at radius 2 is 1.13 bits per heavy atom. The average Bonchev–Trinajstić information content (AvgIpc) is 3.10. The van der Waals surface area contributed by atoms with E-state index in [4.69, 9.17) is 0 Å². The second-order valence-electron chi connectivity index (χ2n) is 8.10. The van der Waals surface area contributed by atoms with Crippen molar-refractivity contribution in [2.75, 3.05) is 0 Å². The topological polar surface area (TPSA) is 0 Å². The molecule has 0 atom stereocenters. The lowest BCUT2D eigenvalue weighted by atomic mass is 9.99. The fourth-order valence-electron chi connectivity index (χ4n) is 2.30. The van der Waals surface area contributed by atoms with Crippen LogP contribution in [-0.2, 0) is 0 Å². The van der Waals surface area contributed by atoms with Crippen LogP contribution in [0.15, 0.2) is 48.5 Å². The van der Waals surface area contributed by atoms with Crippen LogP contribution in [-0.4, -0.2) is 8.07 Å². The van der Waals surface area contributed by atoms with E-state index in [0.29, 0.717) is 0 Å². The molecule has 0 aliphatic rings. The third-order valence-corrected chi connectivity index (χ3v) is 6.84. The molecule has 0 spiro atoms. The van der Waals surface area contributed by atoms with E-state index in [-0.39, 0.29) is 10.8 Å². The van der Waals surface area contributed by atoms with Gasteiger partial charge in [0.25, 0.3) is 0 Å². The molecule has 0 heterocycles. The highest BCUT2D eigenvalue weighted by Crippen LogP contribution is 2.15. The highest BCUT2D eigenvalue weighted by molar-refractivity contribution is 7.13. The Kier molecular flexibility index (Phi) is 4.74. The quantitative estimate of drug-likeness (QED) is 0.448. The van der Waals surface area contributed by atoms with E-state index in [2.05, 4.69) is 113 Å². The summed E-state index contributed by atoms with van der Waals surface area (Å²) in [4.78, 5) is 0. The lowest BCUT2D eigenvalue weighted by Crippen LogP contribution is -2.56. The summed E-state index contributed by atoms with van der Waals surface area (Å²) in [5.41, 5.74) is 7.28. The molecule has 0 aliphatic carbocycles. The van der Waals surface area contributed by atoms with Gasteiger partial charge in [0, 0.05) is 10.8 Å². The van der Waals surface area contributed by atoms with Crippen molar-refractivity contribution < 1.29 is 0 Å². The predicted molar refractivity (Wildman–Crippen MR) is 104 cm³/mol. The third kappa shape index (κ3) is 4.51. The van der Waals surface area contributed by atoms with E-state index in [9.17, 15) is 0 Å². The molecule has 0 nitrogen and oxygen atoms in total. The Morgan fingerprint density at radius 1 is 0.739 bits per heavy atom. The molecule has 23 heavy (non-hydrogen) atoms. The SMILES string of the molecule is CC(C)(C)C#C[Si](C#CC(C)(C)C)(c1ccc[cH-]1)c1ccc[cH-]1. The van der Waals surface area contributed by atoms with Gasteiger partial charge in [0.2, 0.25) is 8.07 Å². The summed E-state index contributed by atoms with van der Waals surface area (Å²) in [5.74, 6) is 6.97. The van der Waals surface area contributed by atoms with Gasteiger partial charge in [0.05, 0.1) is 0 Å². The van der Waals surface area contributed by atoms with Crippen LogP contribution in [0.2, 0.25) is 0 Å². The van der Waals surface area contributed by atoms with Crippen molar-refractivity contribution in [2.45, 2.75) is 41.5 Å². The van der Waals surface area contributed by atoms with Crippen LogP contribution < -0.4 is 10.4 Å². The number of hydrogen-bond donors (Lipinski definition) is 0. The minimum atomic E-state index is -2.39. The average molecular weight is 319 g/mol. The van der Waals surface area contributed by atoms with Gasteiger partial charge in [-0.25, -0.2) is 24.3 Å². The Labute approximate surface area is 142 Å². The van der Waals surface area contributed by atoms with Gasteiger partial charge in [-0.2, -0.15) is 34.6 Å². The van der Waals surface area contributed by atoms with Gasteiger partial charge in [0.1, 0.15) is 0 Å². The van der Waals surface area contributed by atoms with Gasteiger partial charge < -0.3 is 0 Å². The molecule has 0 aliphatic heterocycles. The normalized spacial score (nSPS) is 12.1. The van der Waals surface area contributed by atoms with Crippen LogP contribution in [0.1, 0.15) is 41.5 Å². The van der Waals surface area contributed by atoms with Crippen LogP contribution >= 0.6 is 0 Å². The zero-order valence-electron chi connectivity index (χ0n) is 15.1. The second kappa shape index (κ2) is 6.27. The molecule has 0 N–H and O–H groups in total. The fourth-order valence-corrected chi connectivity index (χ4v) is 5.78. The van der Waals surface area contributed by atoms with E-state index < -0.39 is 8.07 Å². The molecule has 120 valence electrons. The first-order valence-electron chi connectivity index (χ1n) is 8.15. The maximum absolute atomic E-state index is 3.67. The molecule has 0 saturated heterocycles. The highest BCUT2D eigenvalue weighted by atomic mass is 28.3. The van der Waals surface area contributed by atoms with Crippen LogP contribution in [0.25, 0.3) is 0 Å². The maximum Gasteiger partial charge on any atom is 0.227 e. The molecule has 2 rings (SSSR count). The molecular weight excluding hydrogens is 292 g/mol. The summed E-state index contributed by atoms with van der Waals surface area (Å²) >= 11 is 0. The molecule has 0 amide bonds. The molecule has 0 radical (unpaired) electrons. The Balaban J connectivity index is 2.73. The van der Waals surface area contributed by atoms with Gasteiger partial charge in [-0.3, -0.25) is 0 Å². The summed E-state index contributed by atoms with van der Waals surface area (Å²) in [6, 6.07) is 17.1. The van der Waals surface area contributed by atoms with E-state index in [1.54, 1.807) is 0 Å². The molecule has 0 saturated carbocycles. The van der Waals surface area contributed by atoms with Gasteiger partial charge in [-0.05, 0) is 41.5 Å². The van der Waals surface area contributed by atoms with Gasteiger partial charge in [-0.15, -0.1) is 22.9 Å². The van der Waals surface area contributed by atoms with Crippen LogP contribution in [0.4, 0.5) is 0 Å². The first-order chi connectivity index (χ1) is 10.6. The standard InChI is InChI=1S/C22H26Si/c1-21(2,3)15-17-23(18-16-22(4,5)6,19-11-7-8-12-19)20-13-9-10-14-20/h7-14H,1-6H3/q-2. The zero-order valence-corrected chi connectivity index (χ0v) is 16.1. The number of rotatable bonds is 2. The molecule has 0 fully saturated rings. The van der Waals surface area contributed by atoms with Crippen molar-refractivity contribution in [3.05, 3.63) is 48.5 Å². The van der Waals surface area contributed by atoms with Crippen LogP contribution in [0.5, 0.6) is 0 Å².